The van der Waals surface area contributed by atoms with E-state index in [-0.39, 0.29) is 11.4 Å². The van der Waals surface area contributed by atoms with Crippen LogP contribution in [0.4, 0.5) is 5.69 Å². The number of ether oxygens (including phenoxy) is 1. The van der Waals surface area contributed by atoms with Gasteiger partial charge in [0.15, 0.2) is 0 Å². The molecule has 1 amide bonds. The Kier molecular flexibility index (Phi) is 4.72. The number of tetrazole rings is 1. The molecule has 0 saturated carbocycles. The van der Waals surface area contributed by atoms with Gasteiger partial charge in [-0.15, -0.1) is 10.2 Å². The molecule has 3 aromatic rings. The van der Waals surface area contributed by atoms with Crippen molar-refractivity contribution >= 4 is 11.6 Å². The Morgan fingerprint density at radius 1 is 1.19 bits per heavy atom. The molecule has 0 atom stereocenters. The highest BCUT2D eigenvalue weighted by Crippen LogP contribution is 2.33. The molecular formula is C19H22N6O2. The monoisotopic (exact) mass is 366 g/mol. The van der Waals surface area contributed by atoms with E-state index in [2.05, 4.69) is 25.3 Å². The maximum atomic E-state index is 12.7. The molecule has 0 radical (unpaired) electrons. The van der Waals surface area contributed by atoms with Crippen LogP contribution in [0.25, 0.3) is 11.4 Å². The molecule has 1 aliphatic rings. The second kappa shape index (κ2) is 7.32. The molecule has 0 aliphatic carbocycles. The molecule has 27 heavy (non-hydrogen) atoms. The van der Waals surface area contributed by atoms with Gasteiger partial charge in [0.2, 0.25) is 11.7 Å². The quantitative estimate of drug-likeness (QED) is 0.748. The highest BCUT2D eigenvalue weighted by atomic mass is 16.5. The molecule has 0 unspecified atom stereocenters. The summed E-state index contributed by atoms with van der Waals surface area (Å²) in [6, 6.07) is 11.5. The van der Waals surface area contributed by atoms with Crippen molar-refractivity contribution in [3.05, 3.63) is 48.8 Å². The average Bonchev–Trinajstić information content (AvgIpc) is 3.35. The van der Waals surface area contributed by atoms with E-state index in [1.54, 1.807) is 7.05 Å². The SMILES string of the molecule is Cn1nnc(-c2ccc(NC(=O)CC3(n4cccc4)CCOCC3)cc2)n1. The maximum absolute atomic E-state index is 12.7. The largest absolute Gasteiger partial charge is 0.381 e. The van der Waals surface area contributed by atoms with Gasteiger partial charge in [-0.1, -0.05) is 0 Å². The summed E-state index contributed by atoms with van der Waals surface area (Å²) in [5, 5.41) is 15.0. The minimum atomic E-state index is -0.227. The lowest BCUT2D eigenvalue weighted by Crippen LogP contribution is -2.42. The summed E-state index contributed by atoms with van der Waals surface area (Å²) in [4.78, 5) is 14.2. The molecule has 8 heteroatoms. The summed E-state index contributed by atoms with van der Waals surface area (Å²) in [6.07, 6.45) is 6.12. The topological polar surface area (TPSA) is 86.9 Å². The van der Waals surface area contributed by atoms with Gasteiger partial charge in [0.1, 0.15) is 0 Å². The highest BCUT2D eigenvalue weighted by molar-refractivity contribution is 5.91. The van der Waals surface area contributed by atoms with Crippen molar-refractivity contribution in [3.8, 4) is 11.4 Å². The number of rotatable bonds is 5. The van der Waals surface area contributed by atoms with Crippen LogP contribution in [-0.4, -0.2) is 43.9 Å². The molecule has 1 N–H and O–H groups in total. The van der Waals surface area contributed by atoms with Crippen molar-refractivity contribution < 1.29 is 9.53 Å². The maximum Gasteiger partial charge on any atom is 0.226 e. The molecule has 1 aliphatic heterocycles. The number of carbonyl (C=O) groups is 1. The van der Waals surface area contributed by atoms with Crippen molar-refractivity contribution in [1.29, 1.82) is 0 Å². The summed E-state index contributed by atoms with van der Waals surface area (Å²) in [6.45, 7) is 1.34. The van der Waals surface area contributed by atoms with Crippen molar-refractivity contribution in [2.75, 3.05) is 18.5 Å². The summed E-state index contributed by atoms with van der Waals surface area (Å²) >= 11 is 0. The number of nitrogens with zero attached hydrogens (tertiary/aromatic N) is 5. The van der Waals surface area contributed by atoms with E-state index >= 15 is 0 Å². The van der Waals surface area contributed by atoms with Crippen LogP contribution < -0.4 is 5.32 Å². The van der Waals surface area contributed by atoms with Crippen molar-refractivity contribution in [1.82, 2.24) is 24.8 Å². The van der Waals surface area contributed by atoms with E-state index in [1.165, 1.54) is 4.80 Å². The smallest absolute Gasteiger partial charge is 0.226 e. The molecule has 0 bridgehead atoms. The summed E-state index contributed by atoms with van der Waals surface area (Å²) in [5.41, 5.74) is 1.38. The van der Waals surface area contributed by atoms with Gasteiger partial charge >= 0.3 is 0 Å². The number of benzene rings is 1. The lowest BCUT2D eigenvalue weighted by atomic mass is 9.86. The minimum Gasteiger partial charge on any atom is -0.381 e. The molecule has 140 valence electrons. The minimum absolute atomic E-state index is 0.00372. The van der Waals surface area contributed by atoms with E-state index in [0.717, 1.165) is 24.1 Å². The average molecular weight is 366 g/mol. The zero-order chi connectivity index (χ0) is 18.7. The first-order valence-electron chi connectivity index (χ1n) is 9.00. The van der Waals surface area contributed by atoms with Crippen LogP contribution >= 0.6 is 0 Å². The van der Waals surface area contributed by atoms with Crippen molar-refractivity contribution in [2.24, 2.45) is 7.05 Å². The van der Waals surface area contributed by atoms with Gasteiger partial charge in [0.05, 0.1) is 19.0 Å². The highest BCUT2D eigenvalue weighted by Gasteiger charge is 2.36. The number of nitrogens with one attached hydrogen (secondary N) is 1. The fourth-order valence-electron chi connectivity index (χ4n) is 3.53. The van der Waals surface area contributed by atoms with Gasteiger partial charge in [-0.25, -0.2) is 0 Å². The summed E-state index contributed by atoms with van der Waals surface area (Å²) in [7, 11) is 1.72. The molecule has 0 spiro atoms. The fraction of sp³-hybridized carbons (Fsp3) is 0.368. The standard InChI is InChI=1S/C19H22N6O2/c1-24-22-18(21-23-24)15-4-6-16(7-5-15)20-17(26)14-19(8-12-27-13-9-19)25-10-2-3-11-25/h2-7,10-11H,8-9,12-14H2,1H3,(H,20,26). The van der Waals surface area contributed by atoms with Gasteiger partial charge in [-0.3, -0.25) is 4.79 Å². The molecule has 3 heterocycles. The molecule has 8 nitrogen and oxygen atoms in total. The van der Waals surface area contributed by atoms with E-state index in [9.17, 15) is 4.79 Å². The number of aromatic nitrogens is 5. The van der Waals surface area contributed by atoms with Gasteiger partial charge in [0.25, 0.3) is 0 Å². The molecule has 4 rings (SSSR count). The van der Waals surface area contributed by atoms with E-state index in [0.29, 0.717) is 25.5 Å². The van der Waals surface area contributed by atoms with Crippen LogP contribution in [0.2, 0.25) is 0 Å². The molecule has 2 aromatic heterocycles. The lowest BCUT2D eigenvalue weighted by molar-refractivity contribution is -0.119. The van der Waals surface area contributed by atoms with Gasteiger partial charge < -0.3 is 14.6 Å². The number of carbonyl (C=O) groups excluding carboxylic acids is 1. The Balaban J connectivity index is 1.45. The van der Waals surface area contributed by atoms with Crippen LogP contribution in [0.3, 0.4) is 0 Å². The normalized spacial score (nSPS) is 16.2. The fourth-order valence-corrected chi connectivity index (χ4v) is 3.53. The predicted molar refractivity (Wildman–Crippen MR) is 99.9 cm³/mol. The van der Waals surface area contributed by atoms with Crippen molar-refractivity contribution in [3.63, 3.8) is 0 Å². The third kappa shape index (κ3) is 3.75. The molecule has 1 aromatic carbocycles. The predicted octanol–water partition coefficient (Wildman–Crippen LogP) is 2.21. The van der Waals surface area contributed by atoms with Crippen LogP contribution in [0, 0.1) is 0 Å². The number of hydrogen-bond acceptors (Lipinski definition) is 5. The van der Waals surface area contributed by atoms with Crippen molar-refractivity contribution in [2.45, 2.75) is 24.8 Å². The van der Waals surface area contributed by atoms with E-state index in [4.69, 9.17) is 4.74 Å². The summed E-state index contributed by atoms with van der Waals surface area (Å²) < 4.78 is 7.67. The van der Waals surface area contributed by atoms with Gasteiger partial charge in [-0.2, -0.15) is 4.80 Å². The van der Waals surface area contributed by atoms with Crippen LogP contribution in [0.5, 0.6) is 0 Å². The molecule has 1 fully saturated rings. The first kappa shape index (κ1) is 17.4. The Morgan fingerprint density at radius 2 is 1.89 bits per heavy atom. The Bertz CT molecular complexity index is 895. The lowest BCUT2D eigenvalue weighted by Gasteiger charge is -2.38. The molecule has 1 saturated heterocycles. The number of hydrogen-bond donors (Lipinski definition) is 1. The van der Waals surface area contributed by atoms with Crippen LogP contribution in [0.1, 0.15) is 19.3 Å². The Morgan fingerprint density at radius 3 is 2.52 bits per heavy atom. The second-order valence-corrected chi connectivity index (χ2v) is 6.83. The number of aryl methyl sites for hydroxylation is 1. The summed E-state index contributed by atoms with van der Waals surface area (Å²) in [5.74, 6) is 0.556. The molecular weight excluding hydrogens is 344 g/mol. The third-order valence-electron chi connectivity index (χ3n) is 5.00. The number of amides is 1. The third-order valence-corrected chi connectivity index (χ3v) is 5.00. The zero-order valence-corrected chi connectivity index (χ0v) is 15.2. The second-order valence-electron chi connectivity index (χ2n) is 6.83. The Labute approximate surface area is 157 Å². The van der Waals surface area contributed by atoms with E-state index in [1.807, 2.05) is 48.8 Å². The van der Waals surface area contributed by atoms with Gasteiger partial charge in [0, 0.05) is 36.9 Å². The van der Waals surface area contributed by atoms with Gasteiger partial charge in [-0.05, 0) is 54.5 Å². The van der Waals surface area contributed by atoms with E-state index < -0.39 is 0 Å². The zero-order valence-electron chi connectivity index (χ0n) is 15.2. The van der Waals surface area contributed by atoms with Crippen LogP contribution in [-0.2, 0) is 22.1 Å². The first-order valence-corrected chi connectivity index (χ1v) is 9.00. The Hall–Kier alpha value is -3.00. The van der Waals surface area contributed by atoms with Crippen LogP contribution in [0.15, 0.2) is 48.8 Å². The first-order chi connectivity index (χ1) is 13.1. The number of anilines is 1.